The van der Waals surface area contributed by atoms with E-state index in [1.54, 1.807) is 12.5 Å². The molecule has 1 N–H and O–H groups in total. The van der Waals surface area contributed by atoms with Crippen molar-refractivity contribution in [3.05, 3.63) is 52.3 Å². The van der Waals surface area contributed by atoms with E-state index in [0.717, 1.165) is 22.5 Å². The van der Waals surface area contributed by atoms with Crippen LogP contribution in [0.5, 0.6) is 0 Å². The molecule has 1 fully saturated rings. The molecule has 0 saturated heterocycles. The van der Waals surface area contributed by atoms with Gasteiger partial charge in [0.1, 0.15) is 6.26 Å². The molecule has 1 atom stereocenters. The summed E-state index contributed by atoms with van der Waals surface area (Å²) in [5.41, 5.74) is 1.99. The summed E-state index contributed by atoms with van der Waals surface area (Å²) in [7, 11) is 0. The lowest BCUT2D eigenvalue weighted by atomic mass is 9.86. The van der Waals surface area contributed by atoms with Gasteiger partial charge in [0, 0.05) is 10.0 Å². The normalized spacial score (nSPS) is 18.2. The second-order valence-electron chi connectivity index (χ2n) is 5.34. The molecule has 100 valence electrons. The van der Waals surface area contributed by atoms with Crippen LogP contribution in [-0.4, -0.2) is 11.7 Å². The van der Waals surface area contributed by atoms with Crippen LogP contribution in [0.15, 0.2) is 45.7 Å². The molecular weight excluding hydrogens is 304 g/mol. The number of hydrogen-bond acceptors (Lipinski definition) is 3. The molecule has 4 heteroatoms. The SMILES string of the molecule is CC(NCC1CC1)(c1cnoc1)c1ccccc1Br. The summed E-state index contributed by atoms with van der Waals surface area (Å²) >= 11 is 3.65. The summed E-state index contributed by atoms with van der Waals surface area (Å²) < 4.78 is 6.14. The molecule has 1 heterocycles. The van der Waals surface area contributed by atoms with Crippen LogP contribution in [0.25, 0.3) is 0 Å². The molecule has 3 rings (SSSR count). The monoisotopic (exact) mass is 320 g/mol. The van der Waals surface area contributed by atoms with E-state index < -0.39 is 0 Å². The Morgan fingerprint density at radius 1 is 1.42 bits per heavy atom. The largest absolute Gasteiger partial charge is 0.364 e. The van der Waals surface area contributed by atoms with Crippen LogP contribution in [-0.2, 0) is 5.54 Å². The Labute approximate surface area is 121 Å². The van der Waals surface area contributed by atoms with Crippen LogP contribution in [0.3, 0.4) is 0 Å². The number of aromatic nitrogens is 1. The Hall–Kier alpha value is -1.13. The number of halogens is 1. The number of hydrogen-bond donors (Lipinski definition) is 1. The number of nitrogens with one attached hydrogen (secondary N) is 1. The average molecular weight is 321 g/mol. The van der Waals surface area contributed by atoms with Gasteiger partial charge < -0.3 is 9.84 Å². The summed E-state index contributed by atoms with van der Waals surface area (Å²) in [6, 6.07) is 8.30. The second kappa shape index (κ2) is 5.10. The maximum atomic E-state index is 5.04. The Kier molecular flexibility index (Phi) is 3.46. The zero-order chi connectivity index (χ0) is 13.3. The standard InChI is InChI=1S/C15H17BrN2O/c1-15(12-9-18-19-10-12,17-8-11-6-7-11)13-4-2-3-5-14(13)16/h2-5,9-11,17H,6-8H2,1H3. The first kappa shape index (κ1) is 12.9. The Morgan fingerprint density at radius 2 is 2.21 bits per heavy atom. The molecule has 1 unspecified atom stereocenters. The summed E-state index contributed by atoms with van der Waals surface area (Å²) in [5, 5.41) is 7.54. The third-order valence-corrected chi connectivity index (χ3v) is 4.55. The molecule has 2 aromatic rings. The highest BCUT2D eigenvalue weighted by atomic mass is 79.9. The van der Waals surface area contributed by atoms with Crippen molar-refractivity contribution in [3.8, 4) is 0 Å². The van der Waals surface area contributed by atoms with Crippen molar-refractivity contribution in [1.82, 2.24) is 10.5 Å². The Morgan fingerprint density at radius 3 is 2.84 bits per heavy atom. The summed E-state index contributed by atoms with van der Waals surface area (Å²) in [4.78, 5) is 0. The minimum absolute atomic E-state index is 0.275. The van der Waals surface area contributed by atoms with Gasteiger partial charge in [0.05, 0.1) is 11.7 Å². The van der Waals surface area contributed by atoms with Crippen molar-refractivity contribution in [2.24, 2.45) is 5.92 Å². The Bertz CT molecular complexity index is 551. The van der Waals surface area contributed by atoms with Crippen LogP contribution >= 0.6 is 15.9 Å². The lowest BCUT2D eigenvalue weighted by Gasteiger charge is -2.31. The molecule has 3 nitrogen and oxygen atoms in total. The topological polar surface area (TPSA) is 38.1 Å². The van der Waals surface area contributed by atoms with Gasteiger partial charge in [-0.1, -0.05) is 39.3 Å². The van der Waals surface area contributed by atoms with Gasteiger partial charge in [0.15, 0.2) is 0 Å². The lowest BCUT2D eigenvalue weighted by molar-refractivity contribution is 0.402. The first-order valence-corrected chi connectivity index (χ1v) is 7.39. The number of rotatable bonds is 5. The van der Waals surface area contributed by atoms with E-state index >= 15 is 0 Å². The van der Waals surface area contributed by atoms with Crippen LogP contribution < -0.4 is 5.32 Å². The summed E-state index contributed by atoms with van der Waals surface area (Å²) in [5.74, 6) is 0.821. The molecule has 0 aliphatic heterocycles. The highest BCUT2D eigenvalue weighted by Crippen LogP contribution is 2.36. The van der Waals surface area contributed by atoms with Crippen LogP contribution in [0.1, 0.15) is 30.9 Å². The highest BCUT2D eigenvalue weighted by Gasteiger charge is 2.34. The van der Waals surface area contributed by atoms with E-state index in [4.69, 9.17) is 4.52 Å². The molecule has 1 aliphatic rings. The molecule has 0 amide bonds. The lowest BCUT2D eigenvalue weighted by Crippen LogP contribution is -2.41. The van der Waals surface area contributed by atoms with E-state index in [2.05, 4.69) is 51.5 Å². The predicted molar refractivity (Wildman–Crippen MR) is 77.8 cm³/mol. The fraction of sp³-hybridized carbons (Fsp3) is 0.400. The molecular formula is C15H17BrN2O. The molecule has 1 saturated carbocycles. The fourth-order valence-corrected chi connectivity index (χ4v) is 3.02. The summed E-state index contributed by atoms with van der Waals surface area (Å²) in [6.45, 7) is 3.21. The number of nitrogens with zero attached hydrogens (tertiary/aromatic N) is 1. The van der Waals surface area contributed by atoms with Crippen molar-refractivity contribution in [1.29, 1.82) is 0 Å². The van der Waals surface area contributed by atoms with Crippen LogP contribution in [0.4, 0.5) is 0 Å². The summed E-state index contributed by atoms with van der Waals surface area (Å²) in [6.07, 6.45) is 6.18. The zero-order valence-corrected chi connectivity index (χ0v) is 12.5. The zero-order valence-electron chi connectivity index (χ0n) is 10.9. The average Bonchev–Trinajstić information content (AvgIpc) is 3.08. The first-order valence-electron chi connectivity index (χ1n) is 6.60. The minimum atomic E-state index is -0.275. The molecule has 19 heavy (non-hydrogen) atoms. The predicted octanol–water partition coefficient (Wildman–Crippen LogP) is 3.70. The molecule has 1 aromatic heterocycles. The van der Waals surface area contributed by atoms with Crippen molar-refractivity contribution >= 4 is 15.9 Å². The molecule has 1 aromatic carbocycles. The van der Waals surface area contributed by atoms with E-state index in [-0.39, 0.29) is 5.54 Å². The van der Waals surface area contributed by atoms with Gasteiger partial charge in [0.25, 0.3) is 0 Å². The van der Waals surface area contributed by atoms with Gasteiger partial charge in [0.2, 0.25) is 0 Å². The number of benzene rings is 1. The molecule has 1 aliphatic carbocycles. The van der Waals surface area contributed by atoms with Gasteiger partial charge in [-0.2, -0.15) is 0 Å². The molecule has 0 radical (unpaired) electrons. The van der Waals surface area contributed by atoms with Crippen LogP contribution in [0.2, 0.25) is 0 Å². The third kappa shape index (κ3) is 2.60. The third-order valence-electron chi connectivity index (χ3n) is 3.86. The maximum absolute atomic E-state index is 5.04. The van der Waals surface area contributed by atoms with Gasteiger partial charge in [-0.25, -0.2) is 0 Å². The fourth-order valence-electron chi connectivity index (χ4n) is 2.34. The van der Waals surface area contributed by atoms with Gasteiger partial charge >= 0.3 is 0 Å². The first-order chi connectivity index (χ1) is 9.20. The van der Waals surface area contributed by atoms with Crippen molar-refractivity contribution < 1.29 is 4.52 Å². The van der Waals surface area contributed by atoms with E-state index in [9.17, 15) is 0 Å². The quantitative estimate of drug-likeness (QED) is 0.912. The van der Waals surface area contributed by atoms with Gasteiger partial charge in [-0.3, -0.25) is 0 Å². The molecule has 0 spiro atoms. The van der Waals surface area contributed by atoms with Gasteiger partial charge in [-0.05, 0) is 43.9 Å². The van der Waals surface area contributed by atoms with Crippen molar-refractivity contribution in [3.63, 3.8) is 0 Å². The van der Waals surface area contributed by atoms with Crippen molar-refractivity contribution in [2.45, 2.75) is 25.3 Å². The van der Waals surface area contributed by atoms with E-state index in [0.29, 0.717) is 0 Å². The minimum Gasteiger partial charge on any atom is -0.364 e. The van der Waals surface area contributed by atoms with Gasteiger partial charge in [-0.15, -0.1) is 0 Å². The molecule has 0 bridgehead atoms. The van der Waals surface area contributed by atoms with Crippen molar-refractivity contribution in [2.75, 3.05) is 6.54 Å². The van der Waals surface area contributed by atoms with Crippen LogP contribution in [0, 0.1) is 5.92 Å². The second-order valence-corrected chi connectivity index (χ2v) is 6.20. The highest BCUT2D eigenvalue weighted by molar-refractivity contribution is 9.10. The van der Waals surface area contributed by atoms with E-state index in [1.165, 1.54) is 18.4 Å². The smallest absolute Gasteiger partial charge is 0.129 e. The van der Waals surface area contributed by atoms with E-state index in [1.807, 2.05) is 6.07 Å². The Balaban J connectivity index is 1.97. The maximum Gasteiger partial charge on any atom is 0.129 e.